The summed E-state index contributed by atoms with van der Waals surface area (Å²) in [6, 6.07) is 17.1. The molecule has 0 bridgehead atoms. The first-order valence-corrected chi connectivity index (χ1v) is 7.62. The van der Waals surface area contributed by atoms with E-state index in [-0.39, 0.29) is 0 Å². The summed E-state index contributed by atoms with van der Waals surface area (Å²) in [5.41, 5.74) is 4.10. The Bertz CT molecular complexity index is 537. The molecule has 0 unspecified atom stereocenters. The quantitative estimate of drug-likeness (QED) is 0.865. The fourth-order valence-electron chi connectivity index (χ4n) is 2.32. The van der Waals surface area contributed by atoms with Crippen molar-refractivity contribution in [1.29, 1.82) is 0 Å². The zero-order chi connectivity index (χ0) is 14.4. The third-order valence-electron chi connectivity index (χ3n) is 3.29. The fraction of sp³-hybridized carbons (Fsp3) is 0.294. The monoisotopic (exact) mass is 332 g/mol. The minimum Gasteiger partial charge on any atom is -0.316 e. The number of nitrogens with zero attached hydrogens (tertiary/aromatic N) is 1. The molecule has 0 spiro atoms. The molecule has 0 aliphatic carbocycles. The van der Waals surface area contributed by atoms with Crippen LogP contribution >= 0.6 is 15.9 Å². The highest BCUT2D eigenvalue weighted by Crippen LogP contribution is 2.15. The Labute approximate surface area is 129 Å². The van der Waals surface area contributed by atoms with Gasteiger partial charge in [0.1, 0.15) is 0 Å². The second-order valence-corrected chi connectivity index (χ2v) is 6.01. The molecule has 20 heavy (non-hydrogen) atoms. The molecule has 2 nitrogen and oxygen atoms in total. The van der Waals surface area contributed by atoms with Gasteiger partial charge in [0, 0.05) is 24.1 Å². The molecule has 0 aromatic heterocycles. The Morgan fingerprint density at radius 1 is 0.950 bits per heavy atom. The van der Waals surface area contributed by atoms with Gasteiger partial charge in [0.2, 0.25) is 0 Å². The summed E-state index contributed by atoms with van der Waals surface area (Å²) in [5.74, 6) is 0. The molecule has 2 rings (SSSR count). The highest BCUT2D eigenvalue weighted by Gasteiger charge is 2.05. The zero-order valence-electron chi connectivity index (χ0n) is 12.1. The normalized spacial score (nSPS) is 11.0. The molecule has 2 aromatic rings. The van der Waals surface area contributed by atoms with Crippen LogP contribution in [-0.4, -0.2) is 19.0 Å². The summed E-state index contributed by atoms with van der Waals surface area (Å²) < 4.78 is 1.13. The lowest BCUT2D eigenvalue weighted by atomic mass is 10.1. The van der Waals surface area contributed by atoms with Gasteiger partial charge in [-0.1, -0.05) is 52.3 Å². The highest BCUT2D eigenvalue weighted by atomic mass is 79.9. The molecule has 0 saturated heterocycles. The third-order valence-corrected chi connectivity index (χ3v) is 3.82. The predicted molar refractivity (Wildman–Crippen MR) is 88.5 cm³/mol. The van der Waals surface area contributed by atoms with Crippen LogP contribution in [0, 0.1) is 0 Å². The first kappa shape index (κ1) is 15.2. The van der Waals surface area contributed by atoms with Crippen LogP contribution in [0.15, 0.2) is 53.0 Å². The average Bonchev–Trinajstić information content (AvgIpc) is 2.44. The summed E-state index contributed by atoms with van der Waals surface area (Å²) >= 11 is 3.47. The van der Waals surface area contributed by atoms with E-state index in [1.807, 2.05) is 7.05 Å². The molecule has 0 atom stereocenters. The lowest BCUT2D eigenvalue weighted by molar-refractivity contribution is 0.318. The number of hydrogen-bond acceptors (Lipinski definition) is 2. The average molecular weight is 333 g/mol. The molecule has 0 radical (unpaired) electrons. The van der Waals surface area contributed by atoms with Gasteiger partial charge in [-0.3, -0.25) is 4.90 Å². The van der Waals surface area contributed by atoms with Gasteiger partial charge >= 0.3 is 0 Å². The van der Waals surface area contributed by atoms with Gasteiger partial charge in [0.15, 0.2) is 0 Å². The van der Waals surface area contributed by atoms with E-state index < -0.39 is 0 Å². The van der Waals surface area contributed by atoms with Crippen LogP contribution in [0.3, 0.4) is 0 Å². The first-order valence-electron chi connectivity index (χ1n) is 6.83. The van der Waals surface area contributed by atoms with Gasteiger partial charge in [0.25, 0.3) is 0 Å². The highest BCUT2D eigenvalue weighted by molar-refractivity contribution is 9.10. The maximum absolute atomic E-state index is 3.47. The van der Waals surface area contributed by atoms with E-state index in [0.29, 0.717) is 0 Å². The Morgan fingerprint density at radius 2 is 1.60 bits per heavy atom. The van der Waals surface area contributed by atoms with Crippen molar-refractivity contribution in [3.05, 3.63) is 69.7 Å². The molecule has 0 aliphatic heterocycles. The zero-order valence-corrected chi connectivity index (χ0v) is 13.7. The van der Waals surface area contributed by atoms with Crippen molar-refractivity contribution in [1.82, 2.24) is 10.2 Å². The van der Waals surface area contributed by atoms with Crippen molar-refractivity contribution in [3.8, 4) is 0 Å². The topological polar surface area (TPSA) is 15.3 Å². The van der Waals surface area contributed by atoms with Crippen molar-refractivity contribution < 1.29 is 0 Å². The molecule has 0 amide bonds. The Kier molecular flexibility index (Phi) is 5.77. The standard InChI is InChI=1S/C17H21BrN2/c1-19-11-15-5-3-4-6-16(15)13-20(2)12-14-7-9-17(18)10-8-14/h3-10,19H,11-13H2,1-2H3. The molecule has 0 aliphatic rings. The molecule has 0 heterocycles. The minimum atomic E-state index is 0.919. The van der Waals surface area contributed by atoms with Gasteiger partial charge in [-0.25, -0.2) is 0 Å². The van der Waals surface area contributed by atoms with Crippen LogP contribution in [-0.2, 0) is 19.6 Å². The Balaban J connectivity index is 2.00. The molecular formula is C17H21BrN2. The molecular weight excluding hydrogens is 312 g/mol. The molecule has 0 saturated carbocycles. The van der Waals surface area contributed by atoms with Crippen LogP contribution in [0.2, 0.25) is 0 Å². The number of halogens is 1. The Hall–Kier alpha value is -1.16. The van der Waals surface area contributed by atoms with Gasteiger partial charge in [-0.15, -0.1) is 0 Å². The predicted octanol–water partition coefficient (Wildman–Crippen LogP) is 3.80. The lowest BCUT2D eigenvalue weighted by Gasteiger charge is -2.19. The van der Waals surface area contributed by atoms with E-state index in [2.05, 4.69) is 81.7 Å². The number of benzene rings is 2. The van der Waals surface area contributed by atoms with E-state index in [0.717, 1.165) is 24.1 Å². The molecule has 106 valence electrons. The maximum Gasteiger partial charge on any atom is 0.0237 e. The summed E-state index contributed by atoms with van der Waals surface area (Å²) in [6.45, 7) is 2.84. The van der Waals surface area contributed by atoms with Crippen LogP contribution < -0.4 is 5.32 Å². The van der Waals surface area contributed by atoms with Gasteiger partial charge in [0.05, 0.1) is 0 Å². The number of hydrogen-bond donors (Lipinski definition) is 1. The van der Waals surface area contributed by atoms with Crippen molar-refractivity contribution >= 4 is 15.9 Å². The summed E-state index contributed by atoms with van der Waals surface area (Å²) in [5, 5.41) is 3.23. The van der Waals surface area contributed by atoms with Crippen LogP contribution in [0.1, 0.15) is 16.7 Å². The summed E-state index contributed by atoms with van der Waals surface area (Å²) in [6.07, 6.45) is 0. The first-order chi connectivity index (χ1) is 9.69. The van der Waals surface area contributed by atoms with Crippen molar-refractivity contribution in [2.24, 2.45) is 0 Å². The fourth-order valence-corrected chi connectivity index (χ4v) is 2.59. The second-order valence-electron chi connectivity index (χ2n) is 5.10. The summed E-state index contributed by atoms with van der Waals surface area (Å²) in [7, 11) is 4.15. The van der Waals surface area contributed by atoms with Gasteiger partial charge < -0.3 is 5.32 Å². The van der Waals surface area contributed by atoms with E-state index in [1.165, 1.54) is 16.7 Å². The van der Waals surface area contributed by atoms with E-state index in [1.54, 1.807) is 0 Å². The number of nitrogens with one attached hydrogen (secondary N) is 1. The van der Waals surface area contributed by atoms with E-state index in [4.69, 9.17) is 0 Å². The molecule has 1 N–H and O–H groups in total. The second kappa shape index (κ2) is 7.58. The lowest BCUT2D eigenvalue weighted by Crippen LogP contribution is -2.19. The minimum absolute atomic E-state index is 0.919. The van der Waals surface area contributed by atoms with Crippen LogP contribution in [0.25, 0.3) is 0 Å². The van der Waals surface area contributed by atoms with Gasteiger partial charge in [-0.05, 0) is 42.9 Å². The largest absolute Gasteiger partial charge is 0.316 e. The molecule has 2 aromatic carbocycles. The molecule has 0 fully saturated rings. The Morgan fingerprint density at radius 3 is 2.25 bits per heavy atom. The van der Waals surface area contributed by atoms with E-state index in [9.17, 15) is 0 Å². The summed E-state index contributed by atoms with van der Waals surface area (Å²) in [4.78, 5) is 2.34. The van der Waals surface area contributed by atoms with E-state index >= 15 is 0 Å². The maximum atomic E-state index is 3.47. The van der Waals surface area contributed by atoms with Crippen LogP contribution in [0.5, 0.6) is 0 Å². The van der Waals surface area contributed by atoms with Crippen molar-refractivity contribution in [3.63, 3.8) is 0 Å². The molecule has 3 heteroatoms. The van der Waals surface area contributed by atoms with Crippen molar-refractivity contribution in [2.75, 3.05) is 14.1 Å². The SMILES string of the molecule is CNCc1ccccc1CN(C)Cc1ccc(Br)cc1. The van der Waals surface area contributed by atoms with Crippen LogP contribution in [0.4, 0.5) is 0 Å². The third kappa shape index (κ3) is 4.44. The van der Waals surface area contributed by atoms with Gasteiger partial charge in [-0.2, -0.15) is 0 Å². The number of rotatable bonds is 6. The smallest absolute Gasteiger partial charge is 0.0237 e. The van der Waals surface area contributed by atoms with Crippen molar-refractivity contribution in [2.45, 2.75) is 19.6 Å².